The highest BCUT2D eigenvalue weighted by atomic mass is 35.5. The molecule has 3 aromatic rings. The second-order valence-electron chi connectivity index (χ2n) is 4.76. The van der Waals surface area contributed by atoms with Gasteiger partial charge in [0.05, 0.1) is 6.20 Å². The molecule has 118 valence electrons. The molecule has 2 aromatic heterocycles. The minimum absolute atomic E-state index is 0.113. The highest BCUT2D eigenvalue weighted by Gasteiger charge is 2.08. The molecular formula is C17H8ClF2N3O. The van der Waals surface area contributed by atoms with Crippen molar-refractivity contribution in [2.45, 2.75) is 0 Å². The number of halogens is 3. The average molecular weight is 344 g/mol. The maximum absolute atomic E-state index is 13.4. The van der Waals surface area contributed by atoms with E-state index in [-0.39, 0.29) is 10.8 Å². The van der Waals surface area contributed by atoms with Gasteiger partial charge < -0.3 is 4.74 Å². The van der Waals surface area contributed by atoms with Gasteiger partial charge in [-0.05, 0) is 23.8 Å². The Balaban J connectivity index is 1.92. The van der Waals surface area contributed by atoms with Gasteiger partial charge in [-0.3, -0.25) is 4.98 Å². The Labute approximate surface area is 140 Å². The van der Waals surface area contributed by atoms with Crippen molar-refractivity contribution >= 4 is 11.6 Å². The van der Waals surface area contributed by atoms with Crippen molar-refractivity contribution in [3.05, 3.63) is 71.3 Å². The van der Waals surface area contributed by atoms with Crippen LogP contribution in [0.15, 0.2) is 48.8 Å². The third-order valence-electron chi connectivity index (χ3n) is 3.08. The molecule has 0 atom stereocenters. The van der Waals surface area contributed by atoms with Crippen molar-refractivity contribution < 1.29 is 13.5 Å². The van der Waals surface area contributed by atoms with Crippen molar-refractivity contribution in [3.8, 4) is 28.7 Å². The molecule has 0 aliphatic rings. The van der Waals surface area contributed by atoms with E-state index in [4.69, 9.17) is 21.6 Å². The summed E-state index contributed by atoms with van der Waals surface area (Å²) in [5.41, 5.74) is 1.12. The van der Waals surface area contributed by atoms with Gasteiger partial charge >= 0.3 is 0 Å². The van der Waals surface area contributed by atoms with E-state index in [0.29, 0.717) is 22.6 Å². The molecular weight excluding hydrogens is 336 g/mol. The smallest absolute Gasteiger partial charge is 0.159 e. The van der Waals surface area contributed by atoms with E-state index < -0.39 is 11.6 Å². The lowest BCUT2D eigenvalue weighted by Gasteiger charge is -2.08. The van der Waals surface area contributed by atoms with Gasteiger partial charge in [0.25, 0.3) is 0 Å². The number of ether oxygens (including phenoxy) is 1. The maximum Gasteiger partial charge on any atom is 0.159 e. The van der Waals surface area contributed by atoms with Crippen LogP contribution < -0.4 is 4.74 Å². The van der Waals surface area contributed by atoms with E-state index in [9.17, 15) is 8.78 Å². The van der Waals surface area contributed by atoms with Gasteiger partial charge in [-0.15, -0.1) is 0 Å². The van der Waals surface area contributed by atoms with Gasteiger partial charge in [-0.2, -0.15) is 5.26 Å². The van der Waals surface area contributed by atoms with Crippen LogP contribution in [0.4, 0.5) is 8.78 Å². The predicted octanol–water partition coefficient (Wildman–Crippen LogP) is 4.74. The van der Waals surface area contributed by atoms with Crippen molar-refractivity contribution in [1.29, 1.82) is 5.26 Å². The molecule has 0 fully saturated rings. The number of aromatic nitrogens is 2. The molecule has 1 aromatic carbocycles. The lowest BCUT2D eigenvalue weighted by atomic mass is 10.1. The second kappa shape index (κ2) is 6.60. The monoisotopic (exact) mass is 343 g/mol. The van der Waals surface area contributed by atoms with Gasteiger partial charge in [0.2, 0.25) is 0 Å². The predicted molar refractivity (Wildman–Crippen MR) is 83.6 cm³/mol. The van der Waals surface area contributed by atoms with Crippen LogP contribution >= 0.6 is 11.6 Å². The first-order chi connectivity index (χ1) is 11.5. The zero-order chi connectivity index (χ0) is 17.1. The van der Waals surface area contributed by atoms with E-state index in [1.807, 2.05) is 6.07 Å². The van der Waals surface area contributed by atoms with Gasteiger partial charge in [0.15, 0.2) is 11.6 Å². The minimum atomic E-state index is -0.946. The van der Waals surface area contributed by atoms with E-state index >= 15 is 0 Å². The van der Waals surface area contributed by atoms with E-state index in [2.05, 4.69) is 9.97 Å². The summed E-state index contributed by atoms with van der Waals surface area (Å²) in [6.45, 7) is 0. The number of nitrogens with zero attached hydrogens (tertiary/aromatic N) is 3. The fourth-order valence-corrected chi connectivity index (χ4v) is 2.23. The standard InChI is InChI=1S/C17H8ClF2N3O/c18-17-6-13(5-12(7-21)23-17)24-14-3-11(8-22-9-14)10-1-2-15(19)16(20)4-10/h1-6,8-9H. The fourth-order valence-electron chi connectivity index (χ4n) is 2.03. The lowest BCUT2D eigenvalue weighted by Crippen LogP contribution is -1.91. The lowest BCUT2D eigenvalue weighted by molar-refractivity contribution is 0.479. The highest BCUT2D eigenvalue weighted by molar-refractivity contribution is 6.29. The molecule has 7 heteroatoms. The van der Waals surface area contributed by atoms with Crippen LogP contribution in [0.1, 0.15) is 5.69 Å². The van der Waals surface area contributed by atoms with Crippen LogP contribution in [-0.4, -0.2) is 9.97 Å². The number of benzene rings is 1. The van der Waals surface area contributed by atoms with Crippen molar-refractivity contribution in [3.63, 3.8) is 0 Å². The first-order valence-electron chi connectivity index (χ1n) is 6.71. The number of rotatable bonds is 3. The quantitative estimate of drug-likeness (QED) is 0.644. The zero-order valence-corrected chi connectivity index (χ0v) is 12.8. The van der Waals surface area contributed by atoms with E-state index in [1.165, 1.54) is 30.6 Å². The number of pyridine rings is 2. The summed E-state index contributed by atoms with van der Waals surface area (Å²) in [4.78, 5) is 7.83. The maximum atomic E-state index is 13.4. The molecule has 0 aliphatic carbocycles. The molecule has 0 radical (unpaired) electrons. The molecule has 0 amide bonds. The Morgan fingerprint density at radius 2 is 1.79 bits per heavy atom. The molecule has 4 nitrogen and oxygen atoms in total. The normalized spacial score (nSPS) is 10.2. The average Bonchev–Trinajstić information content (AvgIpc) is 2.57. The van der Waals surface area contributed by atoms with Gasteiger partial charge in [-0.25, -0.2) is 13.8 Å². The third kappa shape index (κ3) is 3.47. The van der Waals surface area contributed by atoms with Crippen LogP contribution in [0.3, 0.4) is 0 Å². The molecule has 2 heterocycles. The SMILES string of the molecule is N#Cc1cc(Oc2cncc(-c3ccc(F)c(F)c3)c2)cc(Cl)n1. The molecule has 0 saturated heterocycles. The van der Waals surface area contributed by atoms with Crippen molar-refractivity contribution in [2.75, 3.05) is 0 Å². The zero-order valence-electron chi connectivity index (χ0n) is 12.0. The van der Waals surface area contributed by atoms with Gasteiger partial charge in [0.1, 0.15) is 28.4 Å². The number of hydrogen-bond donors (Lipinski definition) is 0. The van der Waals surface area contributed by atoms with Gasteiger partial charge in [0, 0.05) is 23.9 Å². The summed E-state index contributed by atoms with van der Waals surface area (Å²) >= 11 is 5.82. The summed E-state index contributed by atoms with van der Waals surface area (Å²) in [5, 5.41) is 9.01. The molecule has 0 spiro atoms. The van der Waals surface area contributed by atoms with Gasteiger partial charge in [-0.1, -0.05) is 17.7 Å². The molecule has 3 rings (SSSR count). The summed E-state index contributed by atoms with van der Waals surface area (Å²) in [6, 6.07) is 9.92. The molecule has 0 N–H and O–H groups in total. The third-order valence-corrected chi connectivity index (χ3v) is 3.28. The first-order valence-corrected chi connectivity index (χ1v) is 7.09. The Morgan fingerprint density at radius 1 is 0.958 bits per heavy atom. The van der Waals surface area contributed by atoms with Crippen LogP contribution in [0, 0.1) is 23.0 Å². The topological polar surface area (TPSA) is 58.8 Å². The fraction of sp³-hybridized carbons (Fsp3) is 0. The summed E-state index contributed by atoms with van der Waals surface area (Å²) in [6.07, 6.45) is 2.95. The Bertz CT molecular complexity index is 957. The molecule has 24 heavy (non-hydrogen) atoms. The largest absolute Gasteiger partial charge is 0.456 e. The van der Waals surface area contributed by atoms with E-state index in [0.717, 1.165) is 12.1 Å². The summed E-state index contributed by atoms with van der Waals surface area (Å²) < 4.78 is 32.0. The summed E-state index contributed by atoms with van der Waals surface area (Å²) in [7, 11) is 0. The van der Waals surface area contributed by atoms with Crippen LogP contribution in [0.2, 0.25) is 5.15 Å². The molecule has 0 unspecified atom stereocenters. The van der Waals surface area contributed by atoms with Crippen LogP contribution in [0.25, 0.3) is 11.1 Å². The Morgan fingerprint density at radius 3 is 2.54 bits per heavy atom. The summed E-state index contributed by atoms with van der Waals surface area (Å²) in [5.74, 6) is -1.20. The molecule has 0 saturated carbocycles. The number of nitriles is 1. The van der Waals surface area contributed by atoms with Crippen molar-refractivity contribution in [2.24, 2.45) is 0 Å². The number of hydrogen-bond acceptors (Lipinski definition) is 4. The van der Waals surface area contributed by atoms with E-state index in [1.54, 1.807) is 6.07 Å². The minimum Gasteiger partial charge on any atom is -0.456 e. The molecule has 0 bridgehead atoms. The molecule has 0 aliphatic heterocycles. The Kier molecular flexibility index (Phi) is 4.36. The second-order valence-corrected chi connectivity index (χ2v) is 5.15. The Hall–Kier alpha value is -3.04. The van der Waals surface area contributed by atoms with Crippen LogP contribution in [-0.2, 0) is 0 Å². The van der Waals surface area contributed by atoms with Crippen LogP contribution in [0.5, 0.6) is 11.5 Å². The van der Waals surface area contributed by atoms with Crippen molar-refractivity contribution in [1.82, 2.24) is 9.97 Å². The first kappa shape index (κ1) is 15.8. The highest BCUT2D eigenvalue weighted by Crippen LogP contribution is 2.28.